The van der Waals surface area contributed by atoms with Gasteiger partial charge in [0.05, 0.1) is 44.1 Å². The van der Waals surface area contributed by atoms with Gasteiger partial charge in [-0.05, 0) is 44.0 Å². The molecule has 1 aliphatic heterocycles. The molecule has 3 aromatic rings. The van der Waals surface area contributed by atoms with Crippen LogP contribution in [0.5, 0.6) is 17.2 Å². The van der Waals surface area contributed by atoms with Gasteiger partial charge in [-0.1, -0.05) is 12.1 Å². The zero-order valence-corrected chi connectivity index (χ0v) is 20.8. The second-order valence-electron chi connectivity index (χ2n) is 8.43. The highest BCUT2D eigenvalue weighted by molar-refractivity contribution is 6.07. The molecular weight excluding hydrogens is 460 g/mol. The molecular formula is C26H32N6O4. The summed E-state index contributed by atoms with van der Waals surface area (Å²) in [4.78, 5) is 24.3. The van der Waals surface area contributed by atoms with E-state index >= 15 is 0 Å². The number of piperidine rings is 1. The molecule has 4 rings (SSSR count). The molecule has 0 radical (unpaired) electrons. The number of para-hydroxylation sites is 2. The second kappa shape index (κ2) is 11.1. The second-order valence-corrected chi connectivity index (χ2v) is 8.43. The summed E-state index contributed by atoms with van der Waals surface area (Å²) in [6, 6.07) is 11.4. The summed E-state index contributed by atoms with van der Waals surface area (Å²) in [5.74, 6) is 1.02. The number of anilines is 3. The van der Waals surface area contributed by atoms with Crippen molar-refractivity contribution in [2.75, 3.05) is 49.9 Å². The first kappa shape index (κ1) is 25.1. The zero-order valence-electron chi connectivity index (χ0n) is 20.8. The number of methoxy groups -OCH3 is 2. The summed E-state index contributed by atoms with van der Waals surface area (Å²) < 4.78 is 16.6. The molecule has 1 aromatic heterocycles. The van der Waals surface area contributed by atoms with Crippen LogP contribution in [0.3, 0.4) is 0 Å². The highest BCUT2D eigenvalue weighted by Crippen LogP contribution is 2.41. The van der Waals surface area contributed by atoms with Crippen molar-refractivity contribution in [3.63, 3.8) is 0 Å². The third-order valence-corrected chi connectivity index (χ3v) is 6.09. The van der Waals surface area contributed by atoms with Gasteiger partial charge in [0.25, 0.3) is 5.91 Å². The van der Waals surface area contributed by atoms with Gasteiger partial charge < -0.3 is 35.9 Å². The summed E-state index contributed by atoms with van der Waals surface area (Å²) >= 11 is 0. The number of nitrogens with one attached hydrogen (secondary N) is 1. The normalized spacial score (nSPS) is 13.8. The van der Waals surface area contributed by atoms with Gasteiger partial charge in [0.15, 0.2) is 23.0 Å². The van der Waals surface area contributed by atoms with E-state index in [-0.39, 0.29) is 17.6 Å². The summed E-state index contributed by atoms with van der Waals surface area (Å²) in [5.41, 5.74) is 14.8. The molecule has 0 spiro atoms. The molecule has 0 unspecified atom stereocenters. The quantitative estimate of drug-likeness (QED) is 0.432. The summed E-state index contributed by atoms with van der Waals surface area (Å²) in [6.45, 7) is 3.96. The molecule has 1 aliphatic rings. The van der Waals surface area contributed by atoms with Crippen LogP contribution in [0.1, 0.15) is 30.3 Å². The predicted molar refractivity (Wildman–Crippen MR) is 140 cm³/mol. The number of aromatic nitrogens is 2. The van der Waals surface area contributed by atoms with Crippen molar-refractivity contribution in [2.24, 2.45) is 5.73 Å². The number of nitrogens with zero attached hydrogens (tertiary/aromatic N) is 3. The van der Waals surface area contributed by atoms with Crippen LogP contribution in [-0.2, 0) is 0 Å². The monoisotopic (exact) mass is 492 g/mol. The van der Waals surface area contributed by atoms with E-state index in [4.69, 9.17) is 25.7 Å². The molecule has 0 atom stereocenters. The molecule has 10 heteroatoms. The minimum Gasteiger partial charge on any atom is -0.493 e. The van der Waals surface area contributed by atoms with Crippen LogP contribution in [-0.4, -0.2) is 55.8 Å². The molecule has 2 heterocycles. The highest BCUT2D eigenvalue weighted by atomic mass is 16.5. The van der Waals surface area contributed by atoms with E-state index in [1.807, 2.05) is 31.2 Å². The average molecular weight is 493 g/mol. The summed E-state index contributed by atoms with van der Waals surface area (Å²) in [6.07, 6.45) is 3.31. The molecule has 0 saturated carbocycles. The lowest BCUT2D eigenvalue weighted by atomic mass is 10.0. The topological polar surface area (TPSA) is 138 Å². The smallest absolute Gasteiger partial charge is 0.278 e. The van der Waals surface area contributed by atoms with Gasteiger partial charge in [0.2, 0.25) is 5.75 Å². The van der Waals surface area contributed by atoms with Crippen LogP contribution >= 0.6 is 0 Å². The van der Waals surface area contributed by atoms with Gasteiger partial charge >= 0.3 is 0 Å². The highest BCUT2D eigenvalue weighted by Gasteiger charge is 2.22. The van der Waals surface area contributed by atoms with E-state index in [0.29, 0.717) is 40.8 Å². The van der Waals surface area contributed by atoms with Gasteiger partial charge in [-0.25, -0.2) is 9.97 Å². The van der Waals surface area contributed by atoms with Gasteiger partial charge in [0.1, 0.15) is 0 Å². The maximum absolute atomic E-state index is 13.3. The first-order valence-electron chi connectivity index (χ1n) is 11.9. The van der Waals surface area contributed by atoms with Crippen molar-refractivity contribution in [2.45, 2.75) is 25.8 Å². The maximum atomic E-state index is 13.3. The number of nitrogens with two attached hydrogens (primary N) is 2. The molecule has 5 N–H and O–H groups in total. The number of benzene rings is 2. The molecule has 36 heavy (non-hydrogen) atoms. The first-order valence-corrected chi connectivity index (χ1v) is 11.9. The summed E-state index contributed by atoms with van der Waals surface area (Å²) in [7, 11) is 3.08. The van der Waals surface area contributed by atoms with E-state index in [9.17, 15) is 4.79 Å². The lowest BCUT2D eigenvalue weighted by Crippen LogP contribution is -2.40. The van der Waals surface area contributed by atoms with E-state index < -0.39 is 5.91 Å². The van der Waals surface area contributed by atoms with Crippen LogP contribution in [0.15, 0.2) is 42.6 Å². The van der Waals surface area contributed by atoms with Crippen molar-refractivity contribution in [1.82, 2.24) is 9.97 Å². The van der Waals surface area contributed by atoms with Gasteiger partial charge in [-0.15, -0.1) is 0 Å². The fourth-order valence-electron chi connectivity index (χ4n) is 4.22. The third-order valence-electron chi connectivity index (χ3n) is 6.09. The number of nitrogen functional groups attached to an aromatic ring is 1. The number of hydrogen-bond donors (Lipinski definition) is 3. The van der Waals surface area contributed by atoms with Crippen molar-refractivity contribution < 1.29 is 19.0 Å². The molecule has 1 saturated heterocycles. The molecule has 190 valence electrons. The Labute approximate surface area is 210 Å². The maximum Gasteiger partial charge on any atom is 0.278 e. The summed E-state index contributed by atoms with van der Waals surface area (Å²) in [5, 5.41) is 2.96. The van der Waals surface area contributed by atoms with E-state index in [0.717, 1.165) is 31.6 Å². The van der Waals surface area contributed by atoms with Crippen LogP contribution in [0.25, 0.3) is 11.3 Å². The third kappa shape index (κ3) is 5.28. The molecule has 1 amide bonds. The van der Waals surface area contributed by atoms with Crippen molar-refractivity contribution in [3.8, 4) is 28.5 Å². The van der Waals surface area contributed by atoms with Gasteiger partial charge in [-0.3, -0.25) is 4.79 Å². The van der Waals surface area contributed by atoms with Crippen LogP contribution in [0.2, 0.25) is 0 Å². The molecule has 0 bridgehead atoms. The number of ether oxygens (including phenoxy) is 3. The van der Waals surface area contributed by atoms with Gasteiger partial charge in [-0.2, -0.15) is 0 Å². The molecule has 2 aromatic carbocycles. The SMILES string of the molecule is CCOc1cc(-c2cnc(N)c(C(=O)Nc3ccccc3N3CCC(N)CC3)n2)cc(OC)c1OC. The lowest BCUT2D eigenvalue weighted by molar-refractivity contribution is 0.102. The number of amides is 1. The fraction of sp³-hybridized carbons (Fsp3) is 0.346. The van der Waals surface area contributed by atoms with Gasteiger partial charge in [0, 0.05) is 24.7 Å². The fourth-order valence-corrected chi connectivity index (χ4v) is 4.22. The average Bonchev–Trinajstić information content (AvgIpc) is 2.89. The Hall–Kier alpha value is -4.05. The first-order chi connectivity index (χ1) is 17.4. The standard InChI is InChI=1S/C26H32N6O4/c1-4-36-22-14-16(13-21(34-2)24(22)35-3)19-15-29-25(28)23(30-19)26(33)31-18-7-5-6-8-20(18)32-11-9-17(27)10-12-32/h5-8,13-15,17H,4,9-12,27H2,1-3H3,(H2,28,29)(H,31,33). The largest absolute Gasteiger partial charge is 0.493 e. The minimum atomic E-state index is -0.450. The Bertz CT molecular complexity index is 1230. The Morgan fingerprint density at radius 3 is 2.56 bits per heavy atom. The minimum absolute atomic E-state index is 0.0238. The van der Waals surface area contributed by atoms with E-state index in [1.165, 1.54) is 6.20 Å². The van der Waals surface area contributed by atoms with Crippen LogP contribution < -0.4 is 35.9 Å². The zero-order chi connectivity index (χ0) is 25.7. The van der Waals surface area contributed by atoms with E-state index in [1.54, 1.807) is 26.4 Å². The van der Waals surface area contributed by atoms with Crippen molar-refractivity contribution >= 4 is 23.1 Å². The molecule has 1 fully saturated rings. The number of rotatable bonds is 8. The van der Waals surface area contributed by atoms with Crippen molar-refractivity contribution in [1.29, 1.82) is 0 Å². The lowest BCUT2D eigenvalue weighted by Gasteiger charge is -2.33. The number of carbonyl (C=O) groups excluding carboxylic acids is 1. The molecule has 10 nitrogen and oxygen atoms in total. The Morgan fingerprint density at radius 1 is 1.14 bits per heavy atom. The van der Waals surface area contributed by atoms with Crippen LogP contribution in [0, 0.1) is 0 Å². The Kier molecular flexibility index (Phi) is 7.74. The molecule has 0 aliphatic carbocycles. The van der Waals surface area contributed by atoms with E-state index in [2.05, 4.69) is 20.2 Å². The Morgan fingerprint density at radius 2 is 1.86 bits per heavy atom. The number of carbonyl (C=O) groups is 1. The predicted octanol–water partition coefficient (Wildman–Crippen LogP) is 3.32. The van der Waals surface area contributed by atoms with Crippen molar-refractivity contribution in [3.05, 3.63) is 48.3 Å². The van der Waals surface area contributed by atoms with Crippen LogP contribution in [0.4, 0.5) is 17.2 Å². The number of hydrogen-bond acceptors (Lipinski definition) is 9. The Balaban J connectivity index is 1.64.